The molecule has 3 N–H and O–H groups in total. The molecule has 0 amide bonds. The summed E-state index contributed by atoms with van der Waals surface area (Å²) in [6.45, 7) is 1.98. The predicted octanol–water partition coefficient (Wildman–Crippen LogP) is 0.208. The lowest BCUT2D eigenvalue weighted by Gasteiger charge is -2.13. The summed E-state index contributed by atoms with van der Waals surface area (Å²) in [6, 6.07) is 0.0938. The monoisotopic (exact) mass is 295 g/mol. The van der Waals surface area contributed by atoms with Crippen LogP contribution in [-0.4, -0.2) is 46.8 Å². The molecule has 0 fully saturated rings. The molecule has 0 saturated heterocycles. The van der Waals surface area contributed by atoms with Crippen molar-refractivity contribution in [1.82, 2.24) is 24.5 Å². The third kappa shape index (κ3) is 3.98. The Labute approximate surface area is 119 Å². The molecule has 0 radical (unpaired) electrons. The summed E-state index contributed by atoms with van der Waals surface area (Å²) < 4.78 is 12.7. The van der Waals surface area contributed by atoms with Crippen LogP contribution in [0.4, 0.5) is 11.9 Å². The van der Waals surface area contributed by atoms with E-state index in [1.165, 1.54) is 0 Å². The van der Waals surface area contributed by atoms with E-state index in [1.54, 1.807) is 29.5 Å². The molecule has 0 spiro atoms. The molecule has 0 bridgehead atoms. The fourth-order valence-corrected chi connectivity index (χ4v) is 2.26. The highest BCUT2D eigenvalue weighted by atomic mass is 32.2. The van der Waals surface area contributed by atoms with Gasteiger partial charge in [-0.3, -0.25) is 8.78 Å². The smallest absolute Gasteiger partial charge is 0.241 e. The van der Waals surface area contributed by atoms with Crippen LogP contribution in [0.5, 0.6) is 0 Å². The molecule has 0 saturated carbocycles. The fourth-order valence-electron chi connectivity index (χ4n) is 1.57. The van der Waals surface area contributed by atoms with Gasteiger partial charge in [0.2, 0.25) is 17.8 Å². The van der Waals surface area contributed by atoms with Gasteiger partial charge in [-0.25, -0.2) is 4.98 Å². The lowest BCUT2D eigenvalue weighted by molar-refractivity contribution is 0.677. The van der Waals surface area contributed by atoms with Gasteiger partial charge in [-0.15, -0.1) is 0 Å². The minimum absolute atomic E-state index is 0.0938. The quantitative estimate of drug-likeness (QED) is 0.783. The second-order valence-corrected chi connectivity index (χ2v) is 5.95. The van der Waals surface area contributed by atoms with Crippen LogP contribution in [0.3, 0.4) is 0 Å². The van der Waals surface area contributed by atoms with Crippen LogP contribution in [0.2, 0.25) is 0 Å². The first-order valence-corrected chi connectivity index (χ1v) is 7.84. The van der Waals surface area contributed by atoms with Crippen molar-refractivity contribution in [2.45, 2.75) is 19.4 Å². The van der Waals surface area contributed by atoms with Gasteiger partial charge in [-0.05, 0) is 13.3 Å². The summed E-state index contributed by atoms with van der Waals surface area (Å²) in [5.74, 6) is 1.57. The van der Waals surface area contributed by atoms with E-state index in [9.17, 15) is 4.21 Å². The molecule has 2 aromatic rings. The number of nitrogens with two attached hydrogens (primary N) is 1. The van der Waals surface area contributed by atoms with Crippen LogP contribution in [0.15, 0.2) is 18.7 Å². The molecule has 9 heteroatoms. The first-order valence-electron chi connectivity index (χ1n) is 6.11. The van der Waals surface area contributed by atoms with Crippen molar-refractivity contribution in [1.29, 1.82) is 0 Å². The maximum atomic E-state index is 11.1. The van der Waals surface area contributed by atoms with Gasteiger partial charge in [0.15, 0.2) is 0 Å². The molecule has 8 nitrogen and oxygen atoms in total. The standard InChI is InChI=1S/C11H17N7OS/c1-8(3-6-20(2)19)14-10-15-9(12)16-11(17-10)18-5-4-13-7-18/h4-5,7-8H,3,6H2,1-2H3,(H3,12,14,15,16,17). The number of rotatable bonds is 6. The SMILES string of the molecule is CC(CCS(C)=O)Nc1nc(N)nc(-n2ccnc2)n1. The van der Waals surface area contributed by atoms with Gasteiger partial charge in [-0.1, -0.05) is 0 Å². The van der Waals surface area contributed by atoms with Gasteiger partial charge in [0.05, 0.1) is 0 Å². The highest BCUT2D eigenvalue weighted by molar-refractivity contribution is 7.84. The highest BCUT2D eigenvalue weighted by Crippen LogP contribution is 2.09. The van der Waals surface area contributed by atoms with Gasteiger partial charge in [-0.2, -0.15) is 15.0 Å². The number of nitrogen functional groups attached to an aromatic ring is 1. The Hall–Kier alpha value is -2.03. The van der Waals surface area contributed by atoms with Crippen molar-refractivity contribution >= 4 is 22.7 Å². The summed E-state index contributed by atoms with van der Waals surface area (Å²) in [7, 11) is -0.807. The maximum Gasteiger partial charge on any atom is 0.241 e. The Bertz CT molecular complexity index is 586. The lowest BCUT2D eigenvalue weighted by atomic mass is 10.3. The van der Waals surface area contributed by atoms with Crippen molar-refractivity contribution in [2.75, 3.05) is 23.1 Å². The molecule has 2 aromatic heterocycles. The van der Waals surface area contributed by atoms with Crippen LogP contribution >= 0.6 is 0 Å². The first-order chi connectivity index (χ1) is 9.54. The Balaban J connectivity index is 2.10. The number of imidazole rings is 1. The van der Waals surface area contributed by atoms with Gasteiger partial charge in [0.1, 0.15) is 6.33 Å². The number of hydrogen-bond acceptors (Lipinski definition) is 7. The van der Waals surface area contributed by atoms with E-state index < -0.39 is 10.8 Å². The van der Waals surface area contributed by atoms with Crippen LogP contribution < -0.4 is 11.1 Å². The summed E-state index contributed by atoms with van der Waals surface area (Å²) >= 11 is 0. The number of nitrogens with zero attached hydrogens (tertiary/aromatic N) is 5. The summed E-state index contributed by atoms with van der Waals surface area (Å²) in [6.07, 6.45) is 7.39. The average Bonchev–Trinajstić information content (AvgIpc) is 2.89. The Morgan fingerprint density at radius 3 is 2.90 bits per heavy atom. The first kappa shape index (κ1) is 14.4. The molecule has 2 atom stereocenters. The van der Waals surface area contributed by atoms with Crippen molar-refractivity contribution in [3.05, 3.63) is 18.7 Å². The third-order valence-electron chi connectivity index (χ3n) is 2.59. The second kappa shape index (κ2) is 6.42. The van der Waals surface area contributed by atoms with Gasteiger partial charge in [0, 0.05) is 41.2 Å². The Kier molecular flexibility index (Phi) is 4.61. The summed E-state index contributed by atoms with van der Waals surface area (Å²) in [5.41, 5.74) is 5.68. The third-order valence-corrected chi connectivity index (χ3v) is 3.40. The largest absolute Gasteiger partial charge is 0.368 e. The molecule has 2 rings (SSSR count). The minimum atomic E-state index is -0.807. The molecule has 2 unspecified atom stereocenters. The number of nitrogens with one attached hydrogen (secondary N) is 1. The van der Waals surface area contributed by atoms with Gasteiger partial charge < -0.3 is 11.1 Å². The molecule has 108 valence electrons. The zero-order chi connectivity index (χ0) is 14.5. The molecule has 0 aliphatic rings. The zero-order valence-electron chi connectivity index (χ0n) is 11.4. The molecule has 0 aromatic carbocycles. The van der Waals surface area contributed by atoms with E-state index in [0.29, 0.717) is 17.6 Å². The Morgan fingerprint density at radius 1 is 1.45 bits per heavy atom. The van der Waals surface area contributed by atoms with E-state index in [2.05, 4.69) is 25.3 Å². The van der Waals surface area contributed by atoms with E-state index in [-0.39, 0.29) is 12.0 Å². The number of aromatic nitrogens is 5. The topological polar surface area (TPSA) is 112 Å². The number of hydrogen-bond donors (Lipinski definition) is 2. The predicted molar refractivity (Wildman–Crippen MR) is 78.0 cm³/mol. The normalized spacial score (nSPS) is 13.9. The molecule has 2 heterocycles. The molecular formula is C11H17N7OS. The van der Waals surface area contributed by atoms with Crippen LogP contribution in [-0.2, 0) is 10.8 Å². The van der Waals surface area contributed by atoms with Crippen molar-refractivity contribution < 1.29 is 4.21 Å². The van der Waals surface area contributed by atoms with Crippen molar-refractivity contribution in [3.63, 3.8) is 0 Å². The maximum absolute atomic E-state index is 11.1. The molecule has 0 aliphatic heterocycles. The summed E-state index contributed by atoms with van der Waals surface area (Å²) in [4.78, 5) is 16.3. The highest BCUT2D eigenvalue weighted by Gasteiger charge is 2.09. The van der Waals surface area contributed by atoms with Gasteiger partial charge >= 0.3 is 0 Å². The van der Waals surface area contributed by atoms with E-state index >= 15 is 0 Å². The zero-order valence-corrected chi connectivity index (χ0v) is 12.2. The fraction of sp³-hybridized carbons (Fsp3) is 0.455. The van der Waals surface area contributed by atoms with Crippen LogP contribution in [0, 0.1) is 0 Å². The van der Waals surface area contributed by atoms with Crippen LogP contribution in [0.25, 0.3) is 5.95 Å². The number of anilines is 2. The minimum Gasteiger partial charge on any atom is -0.368 e. The van der Waals surface area contributed by atoms with E-state index in [0.717, 1.165) is 6.42 Å². The Morgan fingerprint density at radius 2 is 2.25 bits per heavy atom. The molecular weight excluding hydrogens is 278 g/mol. The van der Waals surface area contributed by atoms with E-state index in [4.69, 9.17) is 5.73 Å². The lowest BCUT2D eigenvalue weighted by Crippen LogP contribution is -2.20. The molecule has 20 heavy (non-hydrogen) atoms. The summed E-state index contributed by atoms with van der Waals surface area (Å²) in [5, 5.41) is 3.13. The van der Waals surface area contributed by atoms with Crippen molar-refractivity contribution in [2.24, 2.45) is 0 Å². The van der Waals surface area contributed by atoms with Crippen LogP contribution in [0.1, 0.15) is 13.3 Å². The van der Waals surface area contributed by atoms with Gasteiger partial charge in [0.25, 0.3) is 0 Å². The van der Waals surface area contributed by atoms with E-state index in [1.807, 2.05) is 6.92 Å². The molecule has 0 aliphatic carbocycles. The second-order valence-electron chi connectivity index (χ2n) is 4.40. The van der Waals surface area contributed by atoms with Crippen molar-refractivity contribution in [3.8, 4) is 5.95 Å². The average molecular weight is 295 g/mol.